The highest BCUT2D eigenvalue weighted by Gasteiger charge is 2.34. The number of benzene rings is 2. The molecule has 7 rings (SSSR count). The molecule has 2 bridgehead atoms. The van der Waals surface area contributed by atoms with E-state index >= 15 is 4.39 Å². The second kappa shape index (κ2) is 9.01. The van der Waals surface area contributed by atoms with Crippen molar-refractivity contribution in [3.8, 4) is 23.0 Å². The first-order valence-electron chi connectivity index (χ1n) is 13.4. The number of phenols is 1. The van der Waals surface area contributed by atoms with Crippen LogP contribution >= 0.6 is 0 Å². The van der Waals surface area contributed by atoms with Gasteiger partial charge in [-0.2, -0.15) is 9.97 Å². The second-order valence-corrected chi connectivity index (χ2v) is 10.8. The Hall–Kier alpha value is -3.59. The predicted octanol–water partition coefficient (Wildman–Crippen LogP) is 5.12. The first-order chi connectivity index (χ1) is 18.5. The molecule has 4 heterocycles. The maximum absolute atomic E-state index is 16.4. The van der Waals surface area contributed by atoms with Crippen molar-refractivity contribution in [3.63, 3.8) is 0 Å². The van der Waals surface area contributed by atoms with Crippen molar-refractivity contribution in [2.24, 2.45) is 5.92 Å². The number of aryl methyl sites for hydroxylation is 1. The number of hydrogen-bond donors (Lipinski definition) is 2. The molecule has 3 fully saturated rings. The molecule has 1 saturated carbocycles. The third-order valence-electron chi connectivity index (χ3n) is 8.07. The van der Waals surface area contributed by atoms with E-state index < -0.39 is 5.82 Å². The Morgan fingerprint density at radius 2 is 1.87 bits per heavy atom. The Kier molecular flexibility index (Phi) is 5.58. The van der Waals surface area contributed by atoms with Gasteiger partial charge in [0.25, 0.3) is 0 Å². The summed E-state index contributed by atoms with van der Waals surface area (Å²) in [6, 6.07) is 6.85. The highest BCUT2D eigenvalue weighted by Crippen LogP contribution is 2.39. The number of piperazine rings is 1. The summed E-state index contributed by atoms with van der Waals surface area (Å²) in [5.74, 6) is 0.0565. The molecule has 9 heteroatoms. The summed E-state index contributed by atoms with van der Waals surface area (Å²) >= 11 is 0. The Labute approximate surface area is 218 Å². The minimum absolute atomic E-state index is 0.0110. The van der Waals surface area contributed by atoms with Crippen LogP contribution in [0.15, 0.2) is 30.5 Å². The molecule has 7 nitrogen and oxygen atoms in total. The second-order valence-electron chi connectivity index (χ2n) is 10.8. The van der Waals surface area contributed by atoms with Gasteiger partial charge in [0.05, 0.1) is 12.0 Å². The fraction of sp³-hybridized carbons (Fsp3) is 0.414. The number of halogens is 2. The lowest BCUT2D eigenvalue weighted by atomic mass is 9.94. The first kappa shape index (κ1) is 23.5. The molecule has 3 aliphatic rings. The molecule has 1 aliphatic carbocycles. The van der Waals surface area contributed by atoms with Crippen molar-refractivity contribution in [2.45, 2.75) is 51.1 Å². The molecular weight excluding hydrogens is 488 g/mol. The molecule has 2 aromatic carbocycles. The average molecular weight is 518 g/mol. The van der Waals surface area contributed by atoms with Gasteiger partial charge in [0.1, 0.15) is 28.6 Å². The van der Waals surface area contributed by atoms with Gasteiger partial charge in [0.15, 0.2) is 5.82 Å². The predicted molar refractivity (Wildman–Crippen MR) is 142 cm³/mol. The molecule has 0 radical (unpaired) electrons. The van der Waals surface area contributed by atoms with Crippen LogP contribution in [0.1, 0.15) is 38.2 Å². The smallest absolute Gasteiger partial charge is 0.319 e. The van der Waals surface area contributed by atoms with E-state index in [1.165, 1.54) is 12.1 Å². The van der Waals surface area contributed by atoms with Crippen LogP contribution in [0.3, 0.4) is 0 Å². The van der Waals surface area contributed by atoms with Crippen LogP contribution in [-0.4, -0.2) is 51.8 Å². The van der Waals surface area contributed by atoms with Crippen molar-refractivity contribution in [1.29, 1.82) is 0 Å². The number of ether oxygens (including phenoxy) is 1. The topological polar surface area (TPSA) is 83.4 Å². The van der Waals surface area contributed by atoms with Crippen molar-refractivity contribution < 1.29 is 18.6 Å². The molecule has 196 valence electrons. The van der Waals surface area contributed by atoms with Gasteiger partial charge in [-0.05, 0) is 72.6 Å². The Balaban J connectivity index is 1.42. The van der Waals surface area contributed by atoms with Gasteiger partial charge >= 0.3 is 6.01 Å². The van der Waals surface area contributed by atoms with E-state index in [9.17, 15) is 9.50 Å². The lowest BCUT2D eigenvalue weighted by molar-refractivity contribution is 0.277. The minimum atomic E-state index is -0.640. The fourth-order valence-electron chi connectivity index (χ4n) is 5.99. The van der Waals surface area contributed by atoms with Gasteiger partial charge in [0, 0.05) is 36.9 Å². The van der Waals surface area contributed by atoms with E-state index in [1.54, 1.807) is 18.3 Å². The largest absolute Gasteiger partial charge is 0.508 e. The molecule has 2 N–H and O–H groups in total. The number of nitrogens with zero attached hydrogens (tertiary/aromatic N) is 4. The Bertz CT molecular complexity index is 1560. The van der Waals surface area contributed by atoms with Gasteiger partial charge in [-0.1, -0.05) is 13.0 Å². The van der Waals surface area contributed by atoms with Crippen molar-refractivity contribution in [1.82, 2.24) is 20.3 Å². The molecule has 2 saturated heterocycles. The maximum Gasteiger partial charge on any atom is 0.319 e. The normalized spacial score (nSPS) is 21.0. The Morgan fingerprint density at radius 3 is 2.61 bits per heavy atom. The molecule has 2 unspecified atom stereocenters. The van der Waals surface area contributed by atoms with Crippen molar-refractivity contribution in [2.75, 3.05) is 24.6 Å². The van der Waals surface area contributed by atoms with E-state index in [0.29, 0.717) is 64.1 Å². The zero-order valence-corrected chi connectivity index (χ0v) is 21.2. The minimum Gasteiger partial charge on any atom is -0.508 e. The van der Waals surface area contributed by atoms with E-state index in [-0.39, 0.29) is 28.8 Å². The molecule has 38 heavy (non-hydrogen) atoms. The number of anilines is 1. The van der Waals surface area contributed by atoms with Crippen LogP contribution in [0.2, 0.25) is 0 Å². The van der Waals surface area contributed by atoms with Crippen LogP contribution in [-0.2, 0) is 6.42 Å². The summed E-state index contributed by atoms with van der Waals surface area (Å²) < 4.78 is 37.2. The summed E-state index contributed by atoms with van der Waals surface area (Å²) in [5.41, 5.74) is 0.906. The third kappa shape index (κ3) is 4.00. The monoisotopic (exact) mass is 517 g/mol. The highest BCUT2D eigenvalue weighted by molar-refractivity contribution is 6.01. The zero-order chi connectivity index (χ0) is 26.0. The quantitative estimate of drug-likeness (QED) is 0.367. The summed E-state index contributed by atoms with van der Waals surface area (Å²) in [6.45, 7) is 3.89. The number of rotatable bonds is 6. The van der Waals surface area contributed by atoms with Gasteiger partial charge < -0.3 is 20.1 Å². The van der Waals surface area contributed by atoms with Crippen LogP contribution in [0.25, 0.3) is 32.9 Å². The number of fused-ring (bicyclic) bond motifs is 4. The van der Waals surface area contributed by atoms with Gasteiger partial charge in [0.2, 0.25) is 0 Å². The number of pyridine rings is 1. The lowest BCUT2D eigenvalue weighted by Crippen LogP contribution is -2.51. The molecule has 2 atom stereocenters. The molecule has 0 amide bonds. The average Bonchev–Trinajstić information content (AvgIpc) is 3.69. The zero-order valence-electron chi connectivity index (χ0n) is 21.2. The number of nitrogens with one attached hydrogen (secondary N) is 1. The fourth-order valence-corrected chi connectivity index (χ4v) is 5.99. The standard InChI is InChI=1S/C29H29F2N5O2/c1-2-20-23(30)8-5-16-9-19(37)10-21(24(16)20)26-25(31)27-22(11-32-26)28(35-29(34-27)38-14-15-3-4-15)36-12-17-6-7-18(13-36)33-17/h5,8-11,15,17-18,33,37H,2-4,6-7,12-14H2,1H3. The maximum atomic E-state index is 16.4. The first-order valence-corrected chi connectivity index (χ1v) is 13.4. The van der Waals surface area contributed by atoms with Crippen LogP contribution in [0.5, 0.6) is 11.8 Å². The Morgan fingerprint density at radius 1 is 1.08 bits per heavy atom. The van der Waals surface area contributed by atoms with E-state index in [4.69, 9.17) is 9.72 Å². The molecular formula is C29H29F2N5O2. The summed E-state index contributed by atoms with van der Waals surface area (Å²) in [4.78, 5) is 15.9. The SMILES string of the molecule is CCc1c(F)ccc2cc(O)cc(-c3ncc4c(N5CC6CCC(C5)N6)nc(OCC5CC5)nc4c3F)c12. The van der Waals surface area contributed by atoms with Gasteiger partial charge in [-0.25, -0.2) is 8.78 Å². The lowest BCUT2D eigenvalue weighted by Gasteiger charge is -2.34. The van der Waals surface area contributed by atoms with Crippen molar-refractivity contribution in [3.05, 3.63) is 47.7 Å². The van der Waals surface area contributed by atoms with E-state index in [2.05, 4.69) is 20.2 Å². The molecule has 0 spiro atoms. The van der Waals surface area contributed by atoms with E-state index in [0.717, 1.165) is 38.8 Å². The summed E-state index contributed by atoms with van der Waals surface area (Å²) in [6.07, 6.45) is 6.45. The summed E-state index contributed by atoms with van der Waals surface area (Å²) in [5, 5.41) is 15.7. The molecule has 2 aliphatic heterocycles. The number of phenolic OH excluding ortho intramolecular Hbond substituents is 1. The van der Waals surface area contributed by atoms with Gasteiger partial charge in [-0.15, -0.1) is 0 Å². The third-order valence-corrected chi connectivity index (χ3v) is 8.07. The summed E-state index contributed by atoms with van der Waals surface area (Å²) in [7, 11) is 0. The molecule has 4 aromatic rings. The highest BCUT2D eigenvalue weighted by atomic mass is 19.1. The van der Waals surface area contributed by atoms with Gasteiger partial charge in [-0.3, -0.25) is 4.98 Å². The van der Waals surface area contributed by atoms with Crippen LogP contribution in [0, 0.1) is 17.6 Å². The number of hydrogen-bond acceptors (Lipinski definition) is 7. The number of aromatic nitrogens is 3. The molecule has 2 aromatic heterocycles. The van der Waals surface area contributed by atoms with Crippen LogP contribution < -0.4 is 15.0 Å². The van der Waals surface area contributed by atoms with Crippen LogP contribution in [0.4, 0.5) is 14.6 Å². The number of aromatic hydroxyl groups is 1. The van der Waals surface area contributed by atoms with E-state index in [1.807, 2.05) is 6.92 Å². The van der Waals surface area contributed by atoms with Crippen molar-refractivity contribution >= 4 is 27.5 Å².